The highest BCUT2D eigenvalue weighted by Crippen LogP contribution is 2.45. The summed E-state index contributed by atoms with van der Waals surface area (Å²) in [6.07, 6.45) is -40.8. The van der Waals surface area contributed by atoms with Crippen molar-refractivity contribution in [2.45, 2.75) is 264 Å². The zero-order valence-electron chi connectivity index (χ0n) is 84.9. The van der Waals surface area contributed by atoms with Crippen LogP contribution in [0.2, 0.25) is 0 Å². The highest BCUT2D eigenvalue weighted by Gasteiger charge is 2.61. The van der Waals surface area contributed by atoms with Crippen LogP contribution in [0.1, 0.15) is 154 Å². The second-order valence-electron chi connectivity index (χ2n) is 34.8. The summed E-state index contributed by atoms with van der Waals surface area (Å²) >= 11 is 0. The van der Waals surface area contributed by atoms with E-state index in [1.54, 1.807) is 0 Å². The highest BCUT2D eigenvalue weighted by molar-refractivity contribution is 5.88. The number of hydrogen-bond donors (Lipinski definition) is 9. The standard InChI is InChI=1S/C95H125N9O46/c1-42(105)130-38-67-79(135-46(5)109)87(143-54(13)117)83(139-50(9)113)75(147-67)62(91(96)125)33-101-71(121)25-29-97-92(126)63(76-84(140-51(10)114)88(144-55(14)118)80(136-47(6)110)68(148-76)39-131-43(2)106)34-102-72(122)26-30-98-93(127)64(77-85(141-52(11)115)89(145-56(15)119)81(137-48(7)111)69(149-77)40-132-44(3)107)35-103-73(123)27-31-99-94(128)65(78-86(142-53(12)116)90(146-57(16)120)82(138-49(8)112)70(150-78)41-133-45(4)108)36-104-74(124)28-32-100-95(129)134-37-66-60-23-19-17-21-58(60)59-22-18-20-24-61(59)66/h17-24,62-70,75-90H,25-41H2,1-16H3,(H2,96,125)(H,97,126)(H,98,127)(H,99,128)(H,100,129)(H,101,121)(H,102,122)(H,103,123)(H,104,124)/t62-,63-,64-,65-,67+,68+,69+,70+,75-,76-,77-,78-,79+,80+,81+,82+,83-,84-,85-,86-,87-,88-,89-,90-/m0/s1. The van der Waals surface area contributed by atoms with Gasteiger partial charge in [0.25, 0.3) is 0 Å². The zero-order chi connectivity index (χ0) is 111. The fraction of sp³-hybridized carbons (Fsp3) is 0.611. The molecular weight excluding hydrogens is 2000 g/mol. The SMILES string of the molecule is CC(=O)OC[C@H]1O[C@@H]([C@H](CNC(=O)CCNC(=O)[C@@H](CNC(=O)CCNC(=O)[C@@H](CNC(=O)CCNC(=O)[C@@H](CNC(=O)CCNC(=O)OCC2c3ccccc3-c3ccccc32)[C@@H]2O[C@H](COC(C)=O)[C@@H](OC(C)=O)[C@H](OC(C)=O)[C@H]2OC(C)=O)[C@@H]2O[C@H](COC(C)=O)[C@@H](OC(C)=O)[C@H](OC(C)=O)[C@H]2OC(C)=O)[C@@H]2O[C@H](COC(C)=O)[C@@H](OC(C)=O)[C@H](OC(C)=O)[C@H]2OC(C)=O)C(N)=O)[C@H](OC(C)=O)[C@@H](OC(C)=O)[C@@H]1OC(C)=O. The number of nitrogens with two attached hydrogens (primary N) is 1. The first-order chi connectivity index (χ1) is 70.7. The van der Waals surface area contributed by atoms with E-state index in [0.717, 1.165) is 133 Å². The van der Waals surface area contributed by atoms with E-state index < -0.39 is 393 Å². The van der Waals surface area contributed by atoms with Crippen molar-refractivity contribution in [3.63, 3.8) is 0 Å². The van der Waals surface area contributed by atoms with Gasteiger partial charge in [-0.3, -0.25) is 115 Å². The molecule has 0 unspecified atom stereocenters. The molecule has 9 amide bonds. The van der Waals surface area contributed by atoms with Crippen LogP contribution in [0.3, 0.4) is 0 Å². The van der Waals surface area contributed by atoms with Crippen LogP contribution in [0.4, 0.5) is 4.79 Å². The van der Waals surface area contributed by atoms with Crippen LogP contribution in [0.15, 0.2) is 48.5 Å². The predicted molar refractivity (Wildman–Crippen MR) is 494 cm³/mol. The number of amides is 9. The molecule has 2 aromatic carbocycles. The van der Waals surface area contributed by atoms with Gasteiger partial charge in [0.1, 0.15) is 81.9 Å². The summed E-state index contributed by atoms with van der Waals surface area (Å²) in [5, 5.41) is 19.8. The zero-order valence-corrected chi connectivity index (χ0v) is 84.9. The lowest BCUT2D eigenvalue weighted by atomic mass is 9.86. The number of benzene rings is 2. The van der Waals surface area contributed by atoms with Gasteiger partial charge in [0.2, 0.25) is 47.3 Å². The van der Waals surface area contributed by atoms with Gasteiger partial charge in [0, 0.05) is 195 Å². The molecule has 0 saturated carbocycles. The number of ether oxygens (including phenoxy) is 21. The Morgan fingerprint density at radius 2 is 0.453 bits per heavy atom. The number of fused-ring (bicyclic) bond motifs is 3. The lowest BCUT2D eigenvalue weighted by molar-refractivity contribution is -0.259. The van der Waals surface area contributed by atoms with Gasteiger partial charge >= 0.3 is 102 Å². The van der Waals surface area contributed by atoms with Gasteiger partial charge < -0.3 is 148 Å². The molecule has 826 valence electrons. The Balaban J connectivity index is 1.19. The van der Waals surface area contributed by atoms with E-state index in [-0.39, 0.29) is 19.1 Å². The Kier molecular flexibility index (Phi) is 47.5. The number of nitrogens with one attached hydrogen (secondary N) is 8. The van der Waals surface area contributed by atoms with Gasteiger partial charge in [-0.1, -0.05) is 48.5 Å². The van der Waals surface area contributed by atoms with E-state index in [1.165, 1.54) is 0 Å². The van der Waals surface area contributed by atoms with E-state index in [2.05, 4.69) is 42.5 Å². The first-order valence-corrected chi connectivity index (χ1v) is 47.2. The monoisotopic (exact) mass is 2130 g/mol. The van der Waals surface area contributed by atoms with Crippen molar-refractivity contribution >= 4 is 149 Å². The molecule has 55 heteroatoms. The number of primary amides is 1. The lowest BCUT2D eigenvalue weighted by Gasteiger charge is -2.46. The third-order valence-corrected chi connectivity index (χ3v) is 23.1. The molecule has 24 atom stereocenters. The van der Waals surface area contributed by atoms with Crippen molar-refractivity contribution in [1.82, 2.24) is 42.5 Å². The van der Waals surface area contributed by atoms with Crippen LogP contribution < -0.4 is 48.3 Å². The molecule has 0 aromatic heterocycles. The minimum atomic E-state index is -2.05. The fourth-order valence-electron chi connectivity index (χ4n) is 17.3. The molecule has 4 heterocycles. The Morgan fingerprint density at radius 3 is 0.680 bits per heavy atom. The normalized spacial score (nSPS) is 24.1. The maximum absolute atomic E-state index is 15.3. The fourth-order valence-corrected chi connectivity index (χ4v) is 17.3. The van der Waals surface area contributed by atoms with Gasteiger partial charge in [0.05, 0.1) is 23.7 Å². The number of hydrogen-bond acceptors (Lipinski definition) is 46. The smallest absolute Gasteiger partial charge is 0.407 e. The van der Waals surface area contributed by atoms with Gasteiger partial charge in [-0.25, -0.2) is 4.79 Å². The summed E-state index contributed by atoms with van der Waals surface area (Å²) in [5.41, 5.74) is 9.61. The molecule has 2 aromatic rings. The number of carbonyl (C=O) groups is 25. The summed E-state index contributed by atoms with van der Waals surface area (Å²) in [4.78, 5) is 334. The van der Waals surface area contributed by atoms with Crippen molar-refractivity contribution in [2.75, 3.05) is 85.4 Å². The summed E-state index contributed by atoms with van der Waals surface area (Å²) in [5.74, 6) is -33.5. The topological polar surface area (TPSA) is 743 Å². The Labute approximate surface area is 857 Å². The van der Waals surface area contributed by atoms with Crippen LogP contribution in [0.25, 0.3) is 11.1 Å². The molecule has 4 aliphatic heterocycles. The van der Waals surface area contributed by atoms with E-state index in [0.29, 0.717) is 0 Å². The Bertz CT molecular complexity index is 5220. The molecule has 150 heavy (non-hydrogen) atoms. The van der Waals surface area contributed by atoms with Crippen molar-refractivity contribution in [1.29, 1.82) is 0 Å². The molecule has 0 radical (unpaired) electrons. The van der Waals surface area contributed by atoms with Gasteiger partial charge in [-0.05, 0) is 22.3 Å². The van der Waals surface area contributed by atoms with E-state index in [9.17, 15) is 105 Å². The van der Waals surface area contributed by atoms with Gasteiger partial charge in [-0.2, -0.15) is 0 Å². The average Bonchev–Trinajstić information content (AvgIpc) is 1.41. The lowest BCUT2D eigenvalue weighted by Crippen LogP contribution is -2.66. The third kappa shape index (κ3) is 37.6. The third-order valence-electron chi connectivity index (χ3n) is 23.1. The molecule has 10 N–H and O–H groups in total. The maximum Gasteiger partial charge on any atom is 0.407 e. The van der Waals surface area contributed by atoms with Gasteiger partial charge in [-0.15, -0.1) is 0 Å². The Hall–Kier alpha value is -15.2. The maximum atomic E-state index is 15.3. The van der Waals surface area contributed by atoms with Crippen molar-refractivity contribution < 1.29 is 219 Å². The number of esters is 16. The number of rotatable bonds is 50. The summed E-state index contributed by atoms with van der Waals surface area (Å²) in [6.45, 7) is 5.39. The second kappa shape index (κ2) is 58.5. The quantitative estimate of drug-likeness (QED) is 0.0228. The highest BCUT2D eigenvalue weighted by atomic mass is 16.7. The molecule has 4 saturated heterocycles. The van der Waals surface area contributed by atoms with Crippen molar-refractivity contribution in [2.24, 2.45) is 29.4 Å². The minimum Gasteiger partial charge on any atom is -0.463 e. The molecule has 0 bridgehead atoms. The van der Waals surface area contributed by atoms with Crippen LogP contribution in [0.5, 0.6) is 0 Å². The molecule has 1 aliphatic carbocycles. The molecule has 55 nitrogen and oxygen atoms in total. The summed E-state index contributed by atoms with van der Waals surface area (Å²) in [7, 11) is 0. The van der Waals surface area contributed by atoms with E-state index in [4.69, 9.17) is 105 Å². The van der Waals surface area contributed by atoms with Crippen LogP contribution in [-0.2, 0) is 215 Å². The minimum absolute atomic E-state index is 0.0960. The van der Waals surface area contributed by atoms with E-state index in [1.807, 2.05) is 48.5 Å². The van der Waals surface area contributed by atoms with Crippen LogP contribution >= 0.6 is 0 Å². The summed E-state index contributed by atoms with van der Waals surface area (Å²) in [6, 6.07) is 15.1. The summed E-state index contributed by atoms with van der Waals surface area (Å²) < 4.78 is 119. The molecule has 4 fully saturated rings. The van der Waals surface area contributed by atoms with Gasteiger partial charge in [0.15, 0.2) is 73.2 Å². The number of carbonyl (C=O) groups excluding carboxylic acids is 25. The molecule has 0 spiro atoms. The average molecular weight is 2130 g/mol. The van der Waals surface area contributed by atoms with Crippen LogP contribution in [0, 0.1) is 23.7 Å². The van der Waals surface area contributed by atoms with Crippen molar-refractivity contribution in [3.05, 3.63) is 59.7 Å². The molecule has 5 aliphatic rings. The molecular formula is C95H125N9O46. The van der Waals surface area contributed by atoms with E-state index >= 15 is 14.4 Å². The molecule has 7 rings (SSSR count). The second-order valence-corrected chi connectivity index (χ2v) is 34.8. The first-order valence-electron chi connectivity index (χ1n) is 47.2. The van der Waals surface area contributed by atoms with Crippen LogP contribution in [-0.4, -0.2) is 356 Å². The Morgan fingerprint density at radius 1 is 0.247 bits per heavy atom. The number of alkyl carbamates (subject to hydrolysis) is 1. The predicted octanol–water partition coefficient (Wildman–Crippen LogP) is -3.65. The first kappa shape index (κ1) is 122. The largest absolute Gasteiger partial charge is 0.463 e. The van der Waals surface area contributed by atoms with Crippen molar-refractivity contribution in [3.8, 4) is 11.1 Å².